The minimum atomic E-state index is -1.20. The molecule has 4 saturated carbocycles. The van der Waals surface area contributed by atoms with Crippen LogP contribution in [-0.4, -0.2) is 28.9 Å². The Hall–Kier alpha value is -1.65. The maximum absolute atomic E-state index is 14.4. The maximum atomic E-state index is 14.4. The van der Waals surface area contributed by atoms with Gasteiger partial charge in [0.15, 0.2) is 5.78 Å². The van der Waals surface area contributed by atoms with Gasteiger partial charge in [-0.3, -0.25) is 14.4 Å². The van der Waals surface area contributed by atoms with E-state index in [4.69, 9.17) is 4.74 Å². The van der Waals surface area contributed by atoms with E-state index in [9.17, 15) is 19.5 Å². The molecule has 0 amide bonds. The lowest BCUT2D eigenvalue weighted by Gasteiger charge is -2.70. The van der Waals surface area contributed by atoms with E-state index in [1.165, 1.54) is 31.8 Å². The molecule has 0 aromatic rings. The fourth-order valence-electron chi connectivity index (χ4n) is 11.0. The maximum Gasteiger partial charge on any atom is 0.313 e. The van der Waals surface area contributed by atoms with Crippen molar-refractivity contribution < 1.29 is 24.2 Å². The van der Waals surface area contributed by atoms with E-state index in [-0.39, 0.29) is 33.9 Å². The summed E-state index contributed by atoms with van der Waals surface area (Å²) in [5.74, 6) is 0.0756. The number of hydrogen-bond acceptors (Lipinski definition) is 4. The van der Waals surface area contributed by atoms with Gasteiger partial charge in [0, 0.05) is 12.8 Å². The number of rotatable bonds is 2. The molecule has 0 radical (unpaired) electrons. The number of carbonyl (C=O) groups is 3. The highest BCUT2D eigenvalue weighted by atomic mass is 16.5. The first kappa shape index (κ1) is 26.9. The molecule has 5 aliphatic carbocycles. The molecule has 37 heavy (non-hydrogen) atoms. The first-order valence-electron chi connectivity index (χ1n) is 14.7. The van der Waals surface area contributed by atoms with Gasteiger partial charge in [0.2, 0.25) is 0 Å². The van der Waals surface area contributed by atoms with Crippen LogP contribution >= 0.6 is 0 Å². The molecule has 0 aromatic carbocycles. The molecule has 0 aliphatic heterocycles. The highest BCUT2D eigenvalue weighted by Crippen LogP contribution is 2.75. The summed E-state index contributed by atoms with van der Waals surface area (Å²) in [4.78, 5) is 39.1. The Morgan fingerprint density at radius 1 is 0.946 bits per heavy atom. The number of ketones is 1. The van der Waals surface area contributed by atoms with E-state index in [0.29, 0.717) is 30.6 Å². The first-order chi connectivity index (χ1) is 17.1. The van der Waals surface area contributed by atoms with Crippen molar-refractivity contribution in [2.45, 2.75) is 113 Å². The van der Waals surface area contributed by atoms with Crippen LogP contribution in [0.15, 0.2) is 11.6 Å². The second kappa shape index (κ2) is 8.18. The average Bonchev–Trinajstić information content (AvgIpc) is 2.79. The number of esters is 1. The SMILES string of the molecule is CC(=O)O[C@H]1CC[C@@]2(C)C(CC[C@]3(C)C2C(=O)C=C2C4[C@@H](C)[C@@H](C)CC[C@]4(C)CC[C@@]23C)[C@]1(C)C(=O)O. The van der Waals surface area contributed by atoms with Gasteiger partial charge in [-0.05, 0) is 110 Å². The molecule has 11 atom stereocenters. The minimum Gasteiger partial charge on any atom is -0.481 e. The average molecular weight is 513 g/mol. The lowest BCUT2D eigenvalue weighted by atomic mass is 9.33. The fourth-order valence-corrected chi connectivity index (χ4v) is 11.0. The minimum absolute atomic E-state index is 0.0680. The van der Waals surface area contributed by atoms with Crippen LogP contribution in [0.1, 0.15) is 107 Å². The smallest absolute Gasteiger partial charge is 0.313 e. The number of hydrogen-bond donors (Lipinski definition) is 1. The molecule has 0 spiro atoms. The van der Waals surface area contributed by atoms with Crippen LogP contribution in [0, 0.1) is 56.7 Å². The van der Waals surface area contributed by atoms with Crippen molar-refractivity contribution in [1.29, 1.82) is 0 Å². The molecule has 0 heterocycles. The predicted octanol–water partition coefficient (Wildman–Crippen LogP) is 6.84. The Morgan fingerprint density at radius 2 is 1.62 bits per heavy atom. The highest BCUT2D eigenvalue weighted by Gasteiger charge is 2.72. The number of allylic oxidation sites excluding steroid dienone is 2. The van der Waals surface area contributed by atoms with Gasteiger partial charge in [0.05, 0.1) is 0 Å². The molecular formula is C32H48O5. The van der Waals surface area contributed by atoms with Gasteiger partial charge in [-0.2, -0.15) is 0 Å². The van der Waals surface area contributed by atoms with Crippen molar-refractivity contribution >= 4 is 17.7 Å². The number of ether oxygens (including phenoxy) is 1. The first-order valence-corrected chi connectivity index (χ1v) is 14.7. The van der Waals surface area contributed by atoms with E-state index >= 15 is 0 Å². The Bertz CT molecular complexity index is 1060. The molecule has 5 nitrogen and oxygen atoms in total. The van der Waals surface area contributed by atoms with Gasteiger partial charge in [-0.1, -0.05) is 47.1 Å². The molecule has 3 unspecified atom stereocenters. The number of aliphatic carboxylic acids is 1. The zero-order valence-electron chi connectivity index (χ0n) is 24.3. The third-order valence-corrected chi connectivity index (χ3v) is 13.5. The summed E-state index contributed by atoms with van der Waals surface area (Å²) in [6, 6.07) is 0. The third-order valence-electron chi connectivity index (χ3n) is 13.5. The zero-order valence-corrected chi connectivity index (χ0v) is 24.3. The van der Waals surface area contributed by atoms with Crippen molar-refractivity contribution in [2.75, 3.05) is 0 Å². The summed E-state index contributed by atoms with van der Waals surface area (Å²) in [6.45, 7) is 17.4. The van der Waals surface area contributed by atoms with E-state index in [1.807, 2.05) is 0 Å². The molecule has 0 aromatic heterocycles. The number of fused-ring (bicyclic) bond motifs is 7. The van der Waals surface area contributed by atoms with Gasteiger partial charge in [0.25, 0.3) is 0 Å². The second-order valence-corrected chi connectivity index (χ2v) is 15.0. The van der Waals surface area contributed by atoms with Crippen LogP contribution in [0.4, 0.5) is 0 Å². The van der Waals surface area contributed by atoms with Crippen LogP contribution in [0.2, 0.25) is 0 Å². The lowest BCUT2D eigenvalue weighted by molar-refractivity contribution is -0.220. The summed E-state index contributed by atoms with van der Waals surface area (Å²) in [5.41, 5.74) is -0.280. The number of carboxylic acid groups (broad SMARTS) is 1. The normalized spacial score (nSPS) is 53.1. The zero-order chi connectivity index (χ0) is 27.3. The molecular weight excluding hydrogens is 464 g/mol. The third kappa shape index (κ3) is 3.30. The van der Waals surface area contributed by atoms with Gasteiger partial charge in [-0.25, -0.2) is 0 Å². The van der Waals surface area contributed by atoms with Crippen molar-refractivity contribution in [2.24, 2.45) is 56.7 Å². The Labute approximate surface area is 223 Å². The van der Waals surface area contributed by atoms with E-state index < -0.39 is 28.9 Å². The summed E-state index contributed by atoms with van der Waals surface area (Å²) < 4.78 is 5.63. The molecule has 5 heteroatoms. The molecule has 5 aliphatic rings. The molecule has 4 fully saturated rings. The summed E-state index contributed by atoms with van der Waals surface area (Å²) >= 11 is 0. The number of carbonyl (C=O) groups excluding carboxylic acids is 2. The van der Waals surface area contributed by atoms with Crippen LogP contribution in [0.3, 0.4) is 0 Å². The monoisotopic (exact) mass is 512 g/mol. The van der Waals surface area contributed by atoms with Gasteiger partial charge in [0.1, 0.15) is 11.5 Å². The lowest BCUT2D eigenvalue weighted by Crippen LogP contribution is -2.68. The van der Waals surface area contributed by atoms with E-state index in [0.717, 1.165) is 19.3 Å². The highest BCUT2D eigenvalue weighted by molar-refractivity contribution is 5.96. The molecule has 206 valence electrons. The molecule has 1 N–H and O–H groups in total. The standard InChI is InChI=1S/C32H48O5/c1-18-9-12-28(4)15-16-30(6)21(25(28)19(18)2)17-22(34)26-29(5)13-11-24(37-20(3)33)32(8,27(35)36)23(29)10-14-31(26,30)7/h17-19,23-26H,9-16H2,1-8H3,(H,35,36)/t18-,19-,23?,24-,25?,26?,28+,29-,30-,31+,32-/m0/s1. The summed E-state index contributed by atoms with van der Waals surface area (Å²) in [7, 11) is 0. The largest absolute Gasteiger partial charge is 0.481 e. The Balaban J connectivity index is 1.62. The summed E-state index contributed by atoms with van der Waals surface area (Å²) in [6.07, 6.45) is 8.96. The van der Waals surface area contributed by atoms with E-state index in [1.54, 1.807) is 6.92 Å². The van der Waals surface area contributed by atoms with Gasteiger partial charge in [-0.15, -0.1) is 0 Å². The molecule has 0 saturated heterocycles. The topological polar surface area (TPSA) is 80.7 Å². The van der Waals surface area contributed by atoms with Crippen LogP contribution in [0.25, 0.3) is 0 Å². The van der Waals surface area contributed by atoms with Crippen LogP contribution < -0.4 is 0 Å². The van der Waals surface area contributed by atoms with Gasteiger partial charge < -0.3 is 9.84 Å². The van der Waals surface area contributed by atoms with Crippen molar-refractivity contribution in [3.05, 3.63) is 11.6 Å². The van der Waals surface area contributed by atoms with E-state index in [2.05, 4.69) is 47.6 Å². The van der Waals surface area contributed by atoms with Crippen LogP contribution in [-0.2, 0) is 19.1 Å². The predicted molar refractivity (Wildman–Crippen MR) is 143 cm³/mol. The van der Waals surface area contributed by atoms with Crippen molar-refractivity contribution in [1.82, 2.24) is 0 Å². The molecule has 0 bridgehead atoms. The molecule has 5 rings (SSSR count). The van der Waals surface area contributed by atoms with Gasteiger partial charge >= 0.3 is 11.9 Å². The fraction of sp³-hybridized carbons (Fsp3) is 0.844. The second-order valence-electron chi connectivity index (χ2n) is 15.0. The Kier molecular flexibility index (Phi) is 5.95. The summed E-state index contributed by atoms with van der Waals surface area (Å²) in [5, 5.41) is 10.5. The quantitative estimate of drug-likeness (QED) is 0.410. The van der Waals surface area contributed by atoms with Crippen LogP contribution in [0.5, 0.6) is 0 Å². The Morgan fingerprint density at radius 3 is 2.24 bits per heavy atom. The van der Waals surface area contributed by atoms with Crippen molar-refractivity contribution in [3.63, 3.8) is 0 Å². The number of carboxylic acids is 1. The van der Waals surface area contributed by atoms with Crippen molar-refractivity contribution in [3.8, 4) is 0 Å².